The Labute approximate surface area is 137 Å². The van der Waals surface area contributed by atoms with Crippen molar-refractivity contribution in [2.45, 2.75) is 25.9 Å². The summed E-state index contributed by atoms with van der Waals surface area (Å²) in [7, 11) is 0. The van der Waals surface area contributed by atoms with Crippen LogP contribution in [0.5, 0.6) is 5.75 Å². The van der Waals surface area contributed by atoms with E-state index >= 15 is 0 Å². The van der Waals surface area contributed by atoms with Gasteiger partial charge >= 0.3 is 0 Å². The molecule has 3 nitrogen and oxygen atoms in total. The van der Waals surface area contributed by atoms with Crippen molar-refractivity contribution >= 4 is 12.4 Å². The molecule has 0 aromatic heterocycles. The van der Waals surface area contributed by atoms with Crippen LogP contribution in [0.15, 0.2) is 42.5 Å². The van der Waals surface area contributed by atoms with Crippen molar-refractivity contribution in [1.29, 1.82) is 5.26 Å². The number of aryl methyl sites for hydroxylation is 1. The summed E-state index contributed by atoms with van der Waals surface area (Å²) in [4.78, 5) is 0. The van der Waals surface area contributed by atoms with Crippen LogP contribution in [0.4, 0.5) is 0 Å². The fourth-order valence-corrected chi connectivity index (χ4v) is 2.60. The smallest absolute Gasteiger partial charge is 0.119 e. The predicted molar refractivity (Wildman–Crippen MR) is 89.2 cm³/mol. The van der Waals surface area contributed by atoms with Gasteiger partial charge in [0.1, 0.15) is 5.75 Å². The lowest BCUT2D eigenvalue weighted by molar-refractivity contribution is 0.311. The standard InChI is InChI=1S/C18H18N2O.ClH/c19-11-15-4-7-18(8-5-15)21-9-1-2-14-3-6-16-12-20-13-17(16)10-14;/h3-8,10,20H,1-2,9,12-13H2;1H. The SMILES string of the molecule is Cl.N#Cc1ccc(OCCCc2ccc3c(c2)CNC3)cc1. The van der Waals surface area contributed by atoms with E-state index in [1.807, 2.05) is 12.1 Å². The Kier molecular flexibility index (Phi) is 5.83. The number of hydrogen-bond acceptors (Lipinski definition) is 3. The van der Waals surface area contributed by atoms with Gasteiger partial charge < -0.3 is 10.1 Å². The molecule has 2 aromatic carbocycles. The largest absolute Gasteiger partial charge is 0.494 e. The minimum Gasteiger partial charge on any atom is -0.494 e. The molecule has 2 aromatic rings. The number of hydrogen-bond donors (Lipinski definition) is 1. The van der Waals surface area contributed by atoms with Gasteiger partial charge in [0, 0.05) is 13.1 Å². The van der Waals surface area contributed by atoms with Crippen molar-refractivity contribution in [2.24, 2.45) is 0 Å². The average Bonchev–Trinajstić information content (AvgIpc) is 3.00. The first kappa shape index (κ1) is 16.4. The van der Waals surface area contributed by atoms with Gasteiger partial charge in [-0.2, -0.15) is 5.26 Å². The third-order valence-corrected chi connectivity index (χ3v) is 3.76. The molecule has 0 amide bonds. The second-order valence-electron chi connectivity index (χ2n) is 5.29. The van der Waals surface area contributed by atoms with Crippen LogP contribution in [0.25, 0.3) is 0 Å². The Bertz CT molecular complexity index is 662. The maximum atomic E-state index is 8.74. The zero-order valence-corrected chi connectivity index (χ0v) is 13.2. The summed E-state index contributed by atoms with van der Waals surface area (Å²) in [5.74, 6) is 0.826. The first-order chi connectivity index (χ1) is 10.3. The highest BCUT2D eigenvalue weighted by molar-refractivity contribution is 5.85. The molecule has 1 heterocycles. The normalized spacial score (nSPS) is 12.1. The van der Waals surface area contributed by atoms with Crippen LogP contribution >= 0.6 is 12.4 Å². The summed E-state index contributed by atoms with van der Waals surface area (Å²) >= 11 is 0. The summed E-state index contributed by atoms with van der Waals surface area (Å²) < 4.78 is 5.70. The van der Waals surface area contributed by atoms with Crippen LogP contribution in [0, 0.1) is 11.3 Å². The highest BCUT2D eigenvalue weighted by Crippen LogP contribution is 2.18. The zero-order valence-electron chi connectivity index (χ0n) is 12.3. The topological polar surface area (TPSA) is 45.0 Å². The van der Waals surface area contributed by atoms with Crippen LogP contribution in [0.1, 0.15) is 28.7 Å². The Morgan fingerprint density at radius 3 is 2.59 bits per heavy atom. The van der Waals surface area contributed by atoms with Crippen molar-refractivity contribution < 1.29 is 4.74 Å². The molecule has 0 spiro atoms. The summed E-state index contributed by atoms with van der Waals surface area (Å²) in [5.41, 5.74) is 4.89. The Hall–Kier alpha value is -2.02. The molecular weight excluding hydrogens is 296 g/mol. The number of nitrogens with zero attached hydrogens (tertiary/aromatic N) is 1. The third kappa shape index (κ3) is 4.00. The lowest BCUT2D eigenvalue weighted by Crippen LogP contribution is -2.00. The molecule has 22 heavy (non-hydrogen) atoms. The number of nitriles is 1. The van der Waals surface area contributed by atoms with E-state index < -0.39 is 0 Å². The van der Waals surface area contributed by atoms with Crippen LogP contribution in [0.2, 0.25) is 0 Å². The van der Waals surface area contributed by atoms with Crippen molar-refractivity contribution in [1.82, 2.24) is 5.32 Å². The summed E-state index contributed by atoms with van der Waals surface area (Å²) in [6.45, 7) is 2.68. The monoisotopic (exact) mass is 314 g/mol. The molecule has 1 aliphatic rings. The van der Waals surface area contributed by atoms with Crippen LogP contribution in [-0.2, 0) is 19.5 Å². The lowest BCUT2D eigenvalue weighted by Gasteiger charge is -2.07. The van der Waals surface area contributed by atoms with Gasteiger partial charge in [0.15, 0.2) is 0 Å². The number of ether oxygens (including phenoxy) is 1. The van der Waals surface area contributed by atoms with Crippen LogP contribution in [0.3, 0.4) is 0 Å². The molecule has 0 aliphatic carbocycles. The highest BCUT2D eigenvalue weighted by Gasteiger charge is 2.09. The summed E-state index contributed by atoms with van der Waals surface area (Å²) in [6.07, 6.45) is 2.02. The fraction of sp³-hybridized carbons (Fsp3) is 0.278. The van der Waals surface area contributed by atoms with Crippen LogP contribution in [-0.4, -0.2) is 6.61 Å². The fourth-order valence-electron chi connectivity index (χ4n) is 2.60. The van der Waals surface area contributed by atoms with Crippen molar-refractivity contribution in [3.05, 3.63) is 64.7 Å². The highest BCUT2D eigenvalue weighted by atomic mass is 35.5. The van der Waals surface area contributed by atoms with Crippen molar-refractivity contribution in [3.8, 4) is 11.8 Å². The first-order valence-electron chi connectivity index (χ1n) is 7.29. The lowest BCUT2D eigenvalue weighted by atomic mass is 10.0. The molecule has 0 radical (unpaired) electrons. The number of rotatable bonds is 5. The van der Waals surface area contributed by atoms with Gasteiger partial charge in [-0.1, -0.05) is 18.2 Å². The second-order valence-corrected chi connectivity index (χ2v) is 5.29. The van der Waals surface area contributed by atoms with Gasteiger partial charge in [-0.15, -0.1) is 12.4 Å². The van der Waals surface area contributed by atoms with E-state index in [2.05, 4.69) is 29.6 Å². The van der Waals surface area contributed by atoms with Crippen molar-refractivity contribution in [2.75, 3.05) is 6.61 Å². The van der Waals surface area contributed by atoms with E-state index in [0.717, 1.165) is 31.7 Å². The van der Waals surface area contributed by atoms with E-state index in [0.29, 0.717) is 12.2 Å². The van der Waals surface area contributed by atoms with Gasteiger partial charge in [0.2, 0.25) is 0 Å². The van der Waals surface area contributed by atoms with E-state index in [1.54, 1.807) is 12.1 Å². The number of fused-ring (bicyclic) bond motifs is 1. The molecule has 1 aliphatic heterocycles. The molecule has 3 rings (SSSR count). The molecule has 4 heteroatoms. The predicted octanol–water partition coefficient (Wildman–Crippen LogP) is 3.59. The number of halogens is 1. The molecule has 0 atom stereocenters. The molecule has 0 unspecified atom stereocenters. The Balaban J connectivity index is 0.00000176. The molecular formula is C18H19ClN2O. The van der Waals surface area contributed by atoms with E-state index in [4.69, 9.17) is 10.00 Å². The Morgan fingerprint density at radius 2 is 1.82 bits per heavy atom. The maximum absolute atomic E-state index is 8.74. The molecule has 0 saturated carbocycles. The first-order valence-corrected chi connectivity index (χ1v) is 7.29. The van der Waals surface area contributed by atoms with Crippen molar-refractivity contribution in [3.63, 3.8) is 0 Å². The number of nitrogens with one attached hydrogen (secondary N) is 1. The van der Waals surface area contributed by atoms with Gasteiger partial charge in [-0.25, -0.2) is 0 Å². The van der Waals surface area contributed by atoms with E-state index in [1.165, 1.54) is 16.7 Å². The third-order valence-electron chi connectivity index (χ3n) is 3.76. The average molecular weight is 315 g/mol. The van der Waals surface area contributed by atoms with E-state index in [9.17, 15) is 0 Å². The summed E-state index contributed by atoms with van der Waals surface area (Å²) in [5, 5.41) is 12.1. The minimum atomic E-state index is 0. The minimum absolute atomic E-state index is 0. The van der Waals surface area contributed by atoms with Gasteiger partial charge in [0.05, 0.1) is 18.2 Å². The van der Waals surface area contributed by atoms with Gasteiger partial charge in [0.25, 0.3) is 0 Å². The second kappa shape index (κ2) is 7.84. The maximum Gasteiger partial charge on any atom is 0.119 e. The molecule has 1 N–H and O–H groups in total. The molecule has 0 bridgehead atoms. The van der Waals surface area contributed by atoms with Gasteiger partial charge in [-0.3, -0.25) is 0 Å². The molecule has 0 fully saturated rings. The zero-order chi connectivity index (χ0) is 14.5. The van der Waals surface area contributed by atoms with Gasteiger partial charge in [-0.05, 0) is 53.8 Å². The molecule has 0 saturated heterocycles. The van der Waals surface area contributed by atoms with E-state index in [-0.39, 0.29) is 12.4 Å². The summed E-state index contributed by atoms with van der Waals surface area (Å²) in [6, 6.07) is 16.1. The number of benzene rings is 2. The quantitative estimate of drug-likeness (QED) is 0.858. The van der Waals surface area contributed by atoms with Crippen LogP contribution < -0.4 is 10.1 Å². The molecule has 114 valence electrons. The Morgan fingerprint density at radius 1 is 1.05 bits per heavy atom.